The van der Waals surface area contributed by atoms with Gasteiger partial charge in [-0.15, -0.1) is 0 Å². The van der Waals surface area contributed by atoms with Crippen molar-refractivity contribution in [2.45, 2.75) is 157 Å². The van der Waals surface area contributed by atoms with E-state index in [0.717, 1.165) is 11.4 Å². The van der Waals surface area contributed by atoms with Crippen molar-refractivity contribution in [3.8, 4) is 11.5 Å². The number of anilines is 1. The molecule has 1 unspecified atom stereocenters. The molecule has 11 atom stereocenters. The maximum atomic E-state index is 15.0. The van der Waals surface area contributed by atoms with Gasteiger partial charge in [0.1, 0.15) is 53.5 Å². The van der Waals surface area contributed by atoms with Crippen LogP contribution in [0.5, 0.6) is 11.5 Å². The number of phenols is 1. The molecule has 26 nitrogen and oxygen atoms in total. The van der Waals surface area contributed by atoms with Crippen LogP contribution in [-0.2, 0) is 58.7 Å². The number of carbonyl (C=O) groups excluding carboxylic acids is 9. The Morgan fingerprint density at radius 3 is 2.20 bits per heavy atom. The molecule has 6 aliphatic rings. The number of benzene rings is 2. The van der Waals surface area contributed by atoms with E-state index in [2.05, 4.69) is 40.0 Å². The molecule has 27 heteroatoms. The number of aliphatic hydroxyl groups excluding tert-OH is 1. The van der Waals surface area contributed by atoms with Crippen LogP contribution in [0.1, 0.15) is 146 Å². The number of piperidine rings is 1. The predicted octanol–water partition coefficient (Wildman–Crippen LogP) is 6.66. The fourth-order valence-electron chi connectivity index (χ4n) is 12.4. The third kappa shape index (κ3) is 16.9. The number of likely N-dealkylation sites (N-methyl/N-ethyl adjacent to an activating group) is 1. The summed E-state index contributed by atoms with van der Waals surface area (Å²) in [6, 6.07) is 4.30. The summed E-state index contributed by atoms with van der Waals surface area (Å²) >= 11 is 0. The van der Waals surface area contributed by atoms with Crippen molar-refractivity contribution in [3.05, 3.63) is 99.6 Å². The number of hydrogen-bond donors (Lipinski definition) is 8. The van der Waals surface area contributed by atoms with Gasteiger partial charge in [0.25, 0.3) is 11.7 Å². The van der Waals surface area contributed by atoms with Crippen LogP contribution in [0, 0.1) is 48.3 Å². The van der Waals surface area contributed by atoms with E-state index in [4.69, 9.17) is 28.7 Å². The monoisotopic (exact) mass is 1330 g/mol. The van der Waals surface area contributed by atoms with Crippen molar-refractivity contribution < 1.29 is 91.4 Å². The number of aliphatic imine (C=N–C) groups is 1. The maximum Gasteiger partial charge on any atom is 0.410 e. The van der Waals surface area contributed by atoms with Crippen LogP contribution in [0.2, 0.25) is 0 Å². The highest BCUT2D eigenvalue weighted by Gasteiger charge is 2.55. The van der Waals surface area contributed by atoms with Gasteiger partial charge >= 0.3 is 31.4 Å². The molecule has 0 saturated carbocycles. The molecule has 8 N–H and O–H groups in total. The normalized spacial score (nSPS) is 26.6. The number of rotatable bonds is 18. The molecule has 94 heavy (non-hydrogen) atoms. The summed E-state index contributed by atoms with van der Waals surface area (Å²) in [4.78, 5) is 150. The van der Waals surface area contributed by atoms with Gasteiger partial charge in [-0.3, -0.25) is 43.1 Å². The van der Waals surface area contributed by atoms with Gasteiger partial charge in [0, 0.05) is 93.5 Å². The lowest BCUT2D eigenvalue weighted by molar-refractivity contribution is -0.161. The molecule has 512 valence electrons. The van der Waals surface area contributed by atoms with Crippen LogP contribution in [-0.4, -0.2) is 164 Å². The molecule has 8 rings (SSSR count). The topological polar surface area (TPSA) is 365 Å². The Morgan fingerprint density at radius 1 is 0.904 bits per heavy atom. The molecule has 1 saturated heterocycles. The second kappa shape index (κ2) is 30.6. The lowest BCUT2D eigenvalue weighted by Crippen LogP contribution is -2.50. The molecule has 2 aromatic rings. The second-order valence-electron chi connectivity index (χ2n) is 26.0. The van der Waals surface area contributed by atoms with Crippen molar-refractivity contribution in [2.75, 3.05) is 45.3 Å². The molecule has 2 aromatic carbocycles. The molecule has 1 spiro atoms. The van der Waals surface area contributed by atoms with E-state index in [1.807, 2.05) is 27.7 Å². The zero-order valence-electron chi connectivity index (χ0n) is 55.6. The Kier molecular flexibility index (Phi) is 23.9. The standard InChI is InChI=1S/C67H90N7O19P/c1-14-49(77)89-34-90-65(85)69-47(22-23-48(76)68-45-20-18-44(19-21-45)30-46(33-75)94(86,87)88)64(84)73(13)32-50(78)92-60-37(5)16-15-17-38(6)63(83)70-56-55-54(71-67(72-55)25-27-74(28-26-67)31-35(2)3)51-52(59(56)81)58(80)43(11)61-53(51)62(82)66(12,93-61)91-29-24-36(4)39(7)40(8)41(9)57(79)42(60)10/h15-21,24,29,33,35-37,39-42,46-47,57,60,72,79-80H,14,22-23,25-28,30-32,34H2,1-13H3,(H,68,76)(H,69,85)(H,70,83)(H2,86,87,88)/b16-15+,29-24+,38-17-/t36-,37-,39+,40+,41-,42-,46?,47-,57-,60-,66-/m0/s1. The Hall–Kier alpha value is -8.03. The van der Waals surface area contributed by atoms with E-state index in [1.165, 1.54) is 71.3 Å². The first kappa shape index (κ1) is 73.4. The highest BCUT2D eigenvalue weighted by Crippen LogP contribution is 2.51. The molecule has 0 radical (unpaired) electrons. The largest absolute Gasteiger partial charge is 0.507 e. The minimum Gasteiger partial charge on any atom is -0.507 e. The highest BCUT2D eigenvalue weighted by atomic mass is 31.2. The van der Waals surface area contributed by atoms with Crippen molar-refractivity contribution in [2.24, 2.45) is 46.4 Å². The number of aldehydes is 1. The third-order valence-corrected chi connectivity index (χ3v) is 19.8. The van der Waals surface area contributed by atoms with Crippen molar-refractivity contribution >= 4 is 72.6 Å². The average molecular weight is 1330 g/mol. The number of ether oxygens (including phenoxy) is 5. The van der Waals surface area contributed by atoms with Crippen LogP contribution in [0.15, 0.2) is 76.8 Å². The summed E-state index contributed by atoms with van der Waals surface area (Å²) in [5.41, 5.74) is -1.55. The van der Waals surface area contributed by atoms with E-state index < -0.39 is 127 Å². The number of carbonyl (C=O) groups is 9. The Balaban J connectivity index is 1.16. The maximum absolute atomic E-state index is 15.0. The first-order chi connectivity index (χ1) is 44.1. The molecule has 1 aliphatic carbocycles. The summed E-state index contributed by atoms with van der Waals surface area (Å²) < 4.78 is 40.3. The number of hydrogen-bond acceptors (Lipinski definition) is 20. The molecule has 5 bridgehead atoms. The lowest BCUT2D eigenvalue weighted by Gasteiger charge is -2.38. The van der Waals surface area contributed by atoms with E-state index in [-0.39, 0.29) is 106 Å². The van der Waals surface area contributed by atoms with Gasteiger partial charge in [0.2, 0.25) is 24.4 Å². The fourth-order valence-corrected chi connectivity index (χ4v) is 13.0. The predicted molar refractivity (Wildman–Crippen MR) is 345 cm³/mol. The molecule has 4 amide bonds. The number of aromatic hydroxyl groups is 1. The molecular formula is C67H90N7O19P. The quantitative estimate of drug-likeness (QED) is 0.0334. The zero-order chi connectivity index (χ0) is 69.5. The third-order valence-electron chi connectivity index (χ3n) is 18.6. The van der Waals surface area contributed by atoms with Gasteiger partial charge < -0.3 is 79.5 Å². The summed E-state index contributed by atoms with van der Waals surface area (Å²) in [7, 11) is -3.45. The summed E-state index contributed by atoms with van der Waals surface area (Å²) in [6.07, 6.45) is 4.68. The van der Waals surface area contributed by atoms with Gasteiger partial charge in [0.05, 0.1) is 34.9 Å². The van der Waals surface area contributed by atoms with Crippen LogP contribution in [0.4, 0.5) is 10.5 Å². The van der Waals surface area contributed by atoms with Gasteiger partial charge in [-0.1, -0.05) is 92.7 Å². The number of fused-ring (bicyclic) bond motifs is 13. The number of Topliss-reactive ketones (excluding diaryl/α,β-unsaturated/α-hetero) is 2. The molecular weight excluding hydrogens is 1240 g/mol. The van der Waals surface area contributed by atoms with E-state index in [0.29, 0.717) is 37.4 Å². The van der Waals surface area contributed by atoms with Gasteiger partial charge in [0.15, 0.2) is 0 Å². The van der Waals surface area contributed by atoms with Crippen molar-refractivity contribution in [3.63, 3.8) is 0 Å². The van der Waals surface area contributed by atoms with Gasteiger partial charge in [-0.05, 0) is 80.1 Å². The molecule has 1 fully saturated rings. The Bertz CT molecular complexity index is 3470. The first-order valence-electron chi connectivity index (χ1n) is 31.8. The number of likely N-dealkylation sites (tertiary alicyclic amines) is 1. The number of phenolic OH excluding ortho intramolecular Hbond substituents is 1. The van der Waals surface area contributed by atoms with Crippen LogP contribution in [0.3, 0.4) is 0 Å². The number of nitrogens with one attached hydrogen (secondary N) is 4. The fraction of sp³-hybridized carbons (Fsp3) is 0.552. The van der Waals surface area contributed by atoms with Crippen LogP contribution in [0.25, 0.3) is 0 Å². The number of esters is 2. The number of nitrogens with zero attached hydrogens (tertiary/aromatic N) is 3. The minimum atomic E-state index is -4.72. The molecule has 5 aliphatic heterocycles. The number of amides is 4. The highest BCUT2D eigenvalue weighted by molar-refractivity contribution is 7.53. The Morgan fingerprint density at radius 2 is 1.57 bits per heavy atom. The number of alkyl carbamates (subject to hydrolysis) is 1. The van der Waals surface area contributed by atoms with E-state index in [9.17, 15) is 62.9 Å². The van der Waals surface area contributed by atoms with Gasteiger partial charge in [-0.2, -0.15) is 0 Å². The van der Waals surface area contributed by atoms with Crippen molar-refractivity contribution in [1.29, 1.82) is 0 Å². The van der Waals surface area contributed by atoms with E-state index in [1.54, 1.807) is 32.1 Å². The second-order valence-corrected chi connectivity index (χ2v) is 27.9. The summed E-state index contributed by atoms with van der Waals surface area (Å²) in [6.45, 7) is 22.3. The van der Waals surface area contributed by atoms with Crippen LogP contribution >= 0.6 is 7.60 Å². The van der Waals surface area contributed by atoms with Crippen molar-refractivity contribution in [1.82, 2.24) is 25.8 Å². The minimum absolute atomic E-state index is 0.0152. The summed E-state index contributed by atoms with van der Waals surface area (Å²) in [5, 5.41) is 35.6. The number of aliphatic hydroxyl groups is 1. The first-order valence-corrected chi connectivity index (χ1v) is 33.5. The smallest absolute Gasteiger partial charge is 0.410 e. The lowest BCUT2D eigenvalue weighted by atomic mass is 9.72. The average Bonchev–Trinajstić information content (AvgIpc) is 1.51. The van der Waals surface area contributed by atoms with E-state index >= 15 is 4.79 Å². The Labute approximate surface area is 547 Å². The molecule has 0 aromatic heterocycles. The van der Waals surface area contributed by atoms with Crippen LogP contribution < -0.4 is 26.0 Å². The zero-order valence-corrected chi connectivity index (χ0v) is 56.5. The summed E-state index contributed by atoms with van der Waals surface area (Å²) in [5.74, 6) is -9.66. The molecule has 5 heterocycles. The number of allylic oxidation sites excluding steroid dienone is 5. The number of ketones is 2. The van der Waals surface area contributed by atoms with Gasteiger partial charge in [-0.25, -0.2) is 4.79 Å². The SMILES string of the molecule is CCC(=O)OCOC(=O)N[C@@H](CCC(=O)Nc1ccc(CC(C=O)P(=O)(O)O)cc1)C(=O)N(C)CC(=O)O[C@@H]1[C@@H](C)[C@@H](O)[C@@H](C)[C@H](C)[C@H](C)[C@@H](C)/C=C/O[C@@]2(C)Oc3c(C)c(O)c4c(c3C2=O)C2=NC3(CCN(CC(C)C)CC3)NC2=C(NC(=O)/C(C)=C\C=C\[C@@H]1C)C4=O.